The Bertz CT molecular complexity index is 175. The molecule has 0 aromatic heterocycles. The molecule has 0 aromatic rings. The monoisotopic (exact) mass is 287 g/mol. The van der Waals surface area contributed by atoms with Crippen LogP contribution in [-0.2, 0) is 24.4 Å². The van der Waals surface area contributed by atoms with Crippen LogP contribution in [0.4, 0.5) is 0 Å². The predicted octanol–water partition coefficient (Wildman–Crippen LogP) is 2.55. The third-order valence-electron chi connectivity index (χ3n) is 1.75. The molecule has 0 saturated carbocycles. The molecule has 1 aliphatic carbocycles. The molecule has 0 aliphatic heterocycles. The Kier molecular flexibility index (Phi) is 2.45. The topological polar surface area (TPSA) is 0 Å². The molecule has 0 amide bonds. The van der Waals surface area contributed by atoms with Crippen LogP contribution in [0, 0.1) is 0 Å². The van der Waals surface area contributed by atoms with Crippen LogP contribution in [0.2, 0.25) is 0 Å². The van der Waals surface area contributed by atoms with Crippen LogP contribution in [0.5, 0.6) is 0 Å². The molecule has 0 bridgehead atoms. The molecule has 0 atom stereocenters. The van der Waals surface area contributed by atoms with Gasteiger partial charge in [-0.25, -0.2) is 0 Å². The van der Waals surface area contributed by atoms with Gasteiger partial charge in [0.15, 0.2) is 0 Å². The summed E-state index contributed by atoms with van der Waals surface area (Å²) < 4.78 is 1.69. The molecule has 1 rings (SSSR count). The van der Waals surface area contributed by atoms with Gasteiger partial charge < -0.3 is 0 Å². The first-order valence-corrected chi connectivity index (χ1v) is 5.14. The van der Waals surface area contributed by atoms with E-state index in [0.29, 0.717) is 0 Å². The molecule has 0 heterocycles. The Balaban J connectivity index is 2.67. The minimum absolute atomic E-state index is 1.24. The van der Waals surface area contributed by atoms with Gasteiger partial charge in [0.25, 0.3) is 0 Å². The van der Waals surface area contributed by atoms with E-state index in [9.17, 15) is 0 Å². The van der Waals surface area contributed by atoms with Crippen molar-refractivity contribution in [1.29, 1.82) is 0 Å². The number of rotatable bonds is 1. The maximum absolute atomic E-state index is 2.35. The fourth-order valence-corrected chi connectivity index (χ4v) is 2.11. The standard InChI is InChI=1S/C8H11.Hf/c1-3-8-5-4-7(2)6-8;/h6H,3,5H2,1-2H3;. The first-order chi connectivity index (χ1) is 4.24. The van der Waals surface area contributed by atoms with Crippen molar-refractivity contribution in [1.82, 2.24) is 0 Å². The van der Waals surface area contributed by atoms with Crippen LogP contribution in [0.3, 0.4) is 0 Å². The zero-order chi connectivity index (χ0) is 6.85. The summed E-state index contributed by atoms with van der Waals surface area (Å²) >= 11 is 1.26. The van der Waals surface area contributed by atoms with E-state index in [2.05, 4.69) is 19.9 Å². The average Bonchev–Trinajstić information content (AvgIpc) is 2.13. The SMILES string of the molecule is CCC1=CC(C)=[C]([Hf])C1. The van der Waals surface area contributed by atoms with E-state index in [4.69, 9.17) is 0 Å². The quantitative estimate of drug-likeness (QED) is 0.650. The molecule has 0 saturated heterocycles. The van der Waals surface area contributed by atoms with E-state index in [0.717, 1.165) is 0 Å². The van der Waals surface area contributed by atoms with Gasteiger partial charge in [0.2, 0.25) is 0 Å². The Labute approximate surface area is 71.6 Å². The summed E-state index contributed by atoms with van der Waals surface area (Å²) in [5.74, 6) is 0. The second-order valence-corrected chi connectivity index (χ2v) is 4.66. The number of allylic oxidation sites excluding steroid dienone is 4. The Hall–Kier alpha value is 0.350. The summed E-state index contributed by atoms with van der Waals surface area (Å²) in [6, 6.07) is 0. The van der Waals surface area contributed by atoms with Gasteiger partial charge in [0, 0.05) is 0 Å². The van der Waals surface area contributed by atoms with Gasteiger partial charge in [-0.15, -0.1) is 0 Å². The van der Waals surface area contributed by atoms with Crippen LogP contribution in [-0.4, -0.2) is 0 Å². The van der Waals surface area contributed by atoms with Crippen molar-refractivity contribution in [2.24, 2.45) is 0 Å². The molecule has 0 spiro atoms. The van der Waals surface area contributed by atoms with Crippen LogP contribution in [0.25, 0.3) is 0 Å². The molecule has 0 unspecified atom stereocenters. The zero-order valence-electron chi connectivity index (χ0n) is 5.99. The molecule has 1 heteroatoms. The molecule has 0 N–H and O–H groups in total. The second kappa shape index (κ2) is 2.96. The van der Waals surface area contributed by atoms with Gasteiger partial charge >= 0.3 is 71.6 Å². The Morgan fingerprint density at radius 1 is 1.67 bits per heavy atom. The van der Waals surface area contributed by atoms with Crippen molar-refractivity contribution in [3.63, 3.8) is 0 Å². The first-order valence-electron chi connectivity index (χ1n) is 3.35. The summed E-state index contributed by atoms with van der Waals surface area (Å²) in [6.45, 7) is 4.46. The third-order valence-corrected chi connectivity index (χ3v) is 3.81. The van der Waals surface area contributed by atoms with Gasteiger partial charge in [0.1, 0.15) is 0 Å². The van der Waals surface area contributed by atoms with Crippen molar-refractivity contribution in [3.8, 4) is 0 Å². The van der Waals surface area contributed by atoms with E-state index in [1.807, 2.05) is 0 Å². The van der Waals surface area contributed by atoms with Crippen molar-refractivity contribution in [3.05, 3.63) is 20.6 Å². The van der Waals surface area contributed by atoms with Gasteiger partial charge in [-0.1, -0.05) is 0 Å². The normalized spacial score (nSPS) is 18.6. The predicted molar refractivity (Wildman–Crippen MR) is 35.7 cm³/mol. The number of hydrogen-bond donors (Lipinski definition) is 0. The van der Waals surface area contributed by atoms with E-state index in [1.165, 1.54) is 37.2 Å². The summed E-state index contributed by atoms with van der Waals surface area (Å²) in [5, 5.41) is 0. The fraction of sp³-hybridized carbons (Fsp3) is 0.500. The minimum atomic E-state index is 1.24. The van der Waals surface area contributed by atoms with E-state index < -0.39 is 0 Å². The zero-order valence-corrected chi connectivity index (χ0v) is 9.58. The van der Waals surface area contributed by atoms with E-state index >= 15 is 0 Å². The van der Waals surface area contributed by atoms with Crippen LogP contribution in [0.1, 0.15) is 26.7 Å². The fourth-order valence-electron chi connectivity index (χ4n) is 1.04. The third kappa shape index (κ3) is 1.64. The van der Waals surface area contributed by atoms with Crippen LogP contribution in [0.15, 0.2) is 20.6 Å². The summed E-state index contributed by atoms with van der Waals surface area (Å²) in [7, 11) is 0. The molecule has 47 valence electrons. The van der Waals surface area contributed by atoms with Crippen molar-refractivity contribution < 1.29 is 24.4 Å². The summed E-state index contributed by atoms with van der Waals surface area (Å²) in [4.78, 5) is 0. The molecule has 0 nitrogen and oxygen atoms in total. The maximum atomic E-state index is 2.35. The molecular weight excluding hydrogens is 275 g/mol. The number of hydrogen-bond acceptors (Lipinski definition) is 0. The first kappa shape index (κ1) is 7.46. The molecule has 1 aliphatic rings. The van der Waals surface area contributed by atoms with E-state index in [1.54, 1.807) is 14.5 Å². The molecule has 9 heavy (non-hydrogen) atoms. The van der Waals surface area contributed by atoms with Gasteiger partial charge in [-0.2, -0.15) is 0 Å². The average molecular weight is 286 g/mol. The Morgan fingerprint density at radius 3 is 2.56 bits per heavy atom. The van der Waals surface area contributed by atoms with Gasteiger partial charge in [-0.3, -0.25) is 0 Å². The Morgan fingerprint density at radius 2 is 2.33 bits per heavy atom. The van der Waals surface area contributed by atoms with Crippen molar-refractivity contribution in [2.75, 3.05) is 0 Å². The van der Waals surface area contributed by atoms with Crippen molar-refractivity contribution >= 4 is 0 Å². The van der Waals surface area contributed by atoms with Gasteiger partial charge in [-0.05, 0) is 0 Å². The molecular formula is C8H11Hf. The molecule has 0 fully saturated rings. The molecule has 0 aromatic carbocycles. The molecule has 0 radical (unpaired) electrons. The van der Waals surface area contributed by atoms with Gasteiger partial charge in [0.05, 0.1) is 0 Å². The van der Waals surface area contributed by atoms with Crippen molar-refractivity contribution in [2.45, 2.75) is 26.7 Å². The second-order valence-electron chi connectivity index (χ2n) is 2.49. The summed E-state index contributed by atoms with van der Waals surface area (Å²) in [5.41, 5.74) is 3.16. The summed E-state index contributed by atoms with van der Waals surface area (Å²) in [6.07, 6.45) is 4.87. The van der Waals surface area contributed by atoms with Crippen LogP contribution >= 0.6 is 0 Å². The van der Waals surface area contributed by atoms with E-state index in [-0.39, 0.29) is 0 Å². The van der Waals surface area contributed by atoms with Crippen LogP contribution < -0.4 is 0 Å².